The van der Waals surface area contributed by atoms with Crippen LogP contribution in [0.15, 0.2) is 0 Å². The largest absolute Gasteiger partial charge is 0.465 e. The molecule has 2 heteroatoms. The van der Waals surface area contributed by atoms with E-state index in [4.69, 9.17) is 6.42 Å². The van der Waals surface area contributed by atoms with Crippen molar-refractivity contribution in [1.29, 1.82) is 0 Å². The quantitative estimate of drug-likeness (QED) is 0.296. The van der Waals surface area contributed by atoms with E-state index in [0.29, 0.717) is 13.0 Å². The fraction of sp³-hybridized carbons (Fsp3) is 0.500. The first kappa shape index (κ1) is 7.03. The first-order chi connectivity index (χ1) is 3.77. The average molecular weight is 112 g/mol. The molecule has 0 unspecified atom stereocenters. The molecule has 44 valence electrons. The predicted octanol–water partition coefficient (Wildman–Crippen LogP) is 0.573. The van der Waals surface area contributed by atoms with Gasteiger partial charge >= 0.3 is 5.97 Å². The SMILES string of the molecule is C#CCCOC(C)=O. The fourth-order valence-electron chi connectivity index (χ4n) is 0.254. The molecule has 0 bridgehead atoms. The van der Waals surface area contributed by atoms with Crippen molar-refractivity contribution in [2.24, 2.45) is 0 Å². The second-order valence-corrected chi connectivity index (χ2v) is 1.29. The summed E-state index contributed by atoms with van der Waals surface area (Å²) < 4.78 is 4.50. The minimum absolute atomic E-state index is 0.278. The van der Waals surface area contributed by atoms with Crippen LogP contribution < -0.4 is 0 Å². The molecule has 0 aliphatic heterocycles. The molecule has 0 fully saturated rings. The number of rotatable bonds is 2. The molecule has 0 aromatic heterocycles. The van der Waals surface area contributed by atoms with Gasteiger partial charge in [-0.05, 0) is 0 Å². The number of carbonyl (C=O) groups excluding carboxylic acids is 1. The maximum Gasteiger partial charge on any atom is 0.302 e. The summed E-state index contributed by atoms with van der Waals surface area (Å²) in [7, 11) is 0. The summed E-state index contributed by atoms with van der Waals surface area (Å²) in [4.78, 5) is 10.0. The zero-order valence-electron chi connectivity index (χ0n) is 4.81. The summed E-state index contributed by atoms with van der Waals surface area (Å²) in [5, 5.41) is 0. The summed E-state index contributed by atoms with van der Waals surface area (Å²) in [6.07, 6.45) is 5.37. The molecule has 0 N–H and O–H groups in total. The number of carbonyl (C=O) groups is 1. The van der Waals surface area contributed by atoms with E-state index in [1.807, 2.05) is 0 Å². The van der Waals surface area contributed by atoms with Gasteiger partial charge in [0.25, 0.3) is 0 Å². The third-order valence-corrected chi connectivity index (χ3v) is 0.552. The number of esters is 1. The van der Waals surface area contributed by atoms with Crippen LogP contribution in [0, 0.1) is 12.3 Å². The molecule has 0 spiro atoms. The van der Waals surface area contributed by atoms with Gasteiger partial charge in [0.05, 0.1) is 0 Å². The van der Waals surface area contributed by atoms with Crippen molar-refractivity contribution >= 4 is 5.97 Å². The maximum absolute atomic E-state index is 10.0. The smallest absolute Gasteiger partial charge is 0.302 e. The van der Waals surface area contributed by atoms with Crippen LogP contribution in [0.5, 0.6) is 0 Å². The van der Waals surface area contributed by atoms with E-state index in [-0.39, 0.29) is 5.97 Å². The highest BCUT2D eigenvalue weighted by Gasteiger charge is 1.86. The van der Waals surface area contributed by atoms with Crippen molar-refractivity contribution in [3.05, 3.63) is 0 Å². The maximum atomic E-state index is 10.0. The van der Waals surface area contributed by atoms with Crippen molar-refractivity contribution in [1.82, 2.24) is 0 Å². The van der Waals surface area contributed by atoms with Gasteiger partial charge in [0.1, 0.15) is 6.61 Å². The molecule has 0 saturated carbocycles. The summed E-state index contributed by atoms with van der Waals surface area (Å²) in [6.45, 7) is 1.70. The van der Waals surface area contributed by atoms with Gasteiger partial charge in [-0.3, -0.25) is 4.79 Å². The monoisotopic (exact) mass is 112 g/mol. The lowest BCUT2D eigenvalue weighted by atomic mass is 10.5. The van der Waals surface area contributed by atoms with Crippen LogP contribution in [0.3, 0.4) is 0 Å². The molecule has 0 aromatic rings. The van der Waals surface area contributed by atoms with E-state index in [9.17, 15) is 4.79 Å². The van der Waals surface area contributed by atoms with Gasteiger partial charge in [0.2, 0.25) is 0 Å². The third kappa shape index (κ3) is 5.03. The Kier molecular flexibility index (Phi) is 3.69. The number of hydrogen-bond donors (Lipinski definition) is 0. The summed E-state index contributed by atoms with van der Waals surface area (Å²) in [5.74, 6) is 2.07. The Hall–Kier alpha value is -0.970. The van der Waals surface area contributed by atoms with Crippen LogP contribution >= 0.6 is 0 Å². The van der Waals surface area contributed by atoms with Crippen LogP contribution in [0.25, 0.3) is 0 Å². The Morgan fingerprint density at radius 3 is 2.88 bits per heavy atom. The minimum atomic E-state index is -0.278. The van der Waals surface area contributed by atoms with E-state index < -0.39 is 0 Å². The molecule has 0 radical (unpaired) electrons. The molecule has 0 aliphatic carbocycles. The Morgan fingerprint density at radius 2 is 2.50 bits per heavy atom. The van der Waals surface area contributed by atoms with Gasteiger partial charge < -0.3 is 4.74 Å². The lowest BCUT2D eigenvalue weighted by Crippen LogP contribution is -1.98. The lowest BCUT2D eigenvalue weighted by Gasteiger charge is -1.93. The summed E-state index contributed by atoms with van der Waals surface area (Å²) in [6, 6.07) is 0. The van der Waals surface area contributed by atoms with E-state index in [0.717, 1.165) is 0 Å². The van der Waals surface area contributed by atoms with E-state index in [1.165, 1.54) is 6.92 Å². The Balaban J connectivity index is 2.97. The molecular formula is C6H8O2. The first-order valence-corrected chi connectivity index (χ1v) is 2.34. The molecule has 0 amide bonds. The molecule has 0 aromatic carbocycles. The molecule has 0 aliphatic rings. The van der Waals surface area contributed by atoms with Crippen LogP contribution in [0.4, 0.5) is 0 Å². The molecule has 8 heavy (non-hydrogen) atoms. The van der Waals surface area contributed by atoms with Gasteiger partial charge in [-0.2, -0.15) is 0 Å². The van der Waals surface area contributed by atoms with Crippen molar-refractivity contribution in [3.63, 3.8) is 0 Å². The van der Waals surface area contributed by atoms with Gasteiger partial charge in [-0.25, -0.2) is 0 Å². The second-order valence-electron chi connectivity index (χ2n) is 1.29. The van der Waals surface area contributed by atoms with Gasteiger partial charge in [0, 0.05) is 13.3 Å². The first-order valence-electron chi connectivity index (χ1n) is 2.34. The van der Waals surface area contributed by atoms with Crippen molar-refractivity contribution in [3.8, 4) is 12.3 Å². The molecular weight excluding hydrogens is 104 g/mol. The van der Waals surface area contributed by atoms with Crippen molar-refractivity contribution in [2.45, 2.75) is 13.3 Å². The standard InChI is InChI=1S/C6H8O2/c1-3-4-5-8-6(2)7/h1H,4-5H2,2H3. The normalized spacial score (nSPS) is 7.50. The van der Waals surface area contributed by atoms with E-state index >= 15 is 0 Å². The van der Waals surface area contributed by atoms with E-state index in [2.05, 4.69) is 10.7 Å². The van der Waals surface area contributed by atoms with Gasteiger partial charge in [0.15, 0.2) is 0 Å². The van der Waals surface area contributed by atoms with Crippen LogP contribution in [0.1, 0.15) is 13.3 Å². The van der Waals surface area contributed by atoms with Gasteiger partial charge in [-0.1, -0.05) is 0 Å². The third-order valence-electron chi connectivity index (χ3n) is 0.552. The predicted molar refractivity (Wildman–Crippen MR) is 30.1 cm³/mol. The van der Waals surface area contributed by atoms with Crippen LogP contribution in [-0.4, -0.2) is 12.6 Å². The van der Waals surface area contributed by atoms with E-state index in [1.54, 1.807) is 0 Å². The van der Waals surface area contributed by atoms with Crippen LogP contribution in [-0.2, 0) is 9.53 Å². The summed E-state index contributed by atoms with van der Waals surface area (Å²) >= 11 is 0. The highest BCUT2D eigenvalue weighted by Crippen LogP contribution is 1.78. The Labute approximate surface area is 48.8 Å². The molecule has 0 heterocycles. The molecule has 0 rings (SSSR count). The number of terminal acetylenes is 1. The average Bonchev–Trinajstić information content (AvgIpc) is 1.66. The zero-order chi connectivity index (χ0) is 6.41. The van der Waals surface area contributed by atoms with Crippen molar-refractivity contribution < 1.29 is 9.53 Å². The Bertz CT molecular complexity index is 110. The lowest BCUT2D eigenvalue weighted by molar-refractivity contribution is -0.140. The minimum Gasteiger partial charge on any atom is -0.465 e. The number of hydrogen-bond acceptors (Lipinski definition) is 2. The molecule has 0 atom stereocenters. The zero-order valence-corrected chi connectivity index (χ0v) is 4.81. The Morgan fingerprint density at radius 1 is 1.88 bits per heavy atom. The summed E-state index contributed by atoms with van der Waals surface area (Å²) in [5.41, 5.74) is 0. The second kappa shape index (κ2) is 4.20. The van der Waals surface area contributed by atoms with Crippen molar-refractivity contribution in [2.75, 3.05) is 6.61 Å². The highest BCUT2D eigenvalue weighted by atomic mass is 16.5. The van der Waals surface area contributed by atoms with Crippen LogP contribution in [0.2, 0.25) is 0 Å². The molecule has 2 nitrogen and oxygen atoms in total. The fourth-order valence-corrected chi connectivity index (χ4v) is 0.254. The topological polar surface area (TPSA) is 26.3 Å². The highest BCUT2D eigenvalue weighted by molar-refractivity contribution is 5.65. The number of ether oxygens (including phenoxy) is 1. The molecule has 0 saturated heterocycles. The van der Waals surface area contributed by atoms with Gasteiger partial charge in [-0.15, -0.1) is 12.3 Å².